The minimum absolute atomic E-state index is 0.0534. The average molecular weight is 392 g/mol. The van der Waals surface area contributed by atoms with Crippen LogP contribution in [0.25, 0.3) is 16.9 Å². The maximum atomic E-state index is 12.9. The van der Waals surface area contributed by atoms with Gasteiger partial charge in [0.25, 0.3) is 0 Å². The maximum absolute atomic E-state index is 12.9. The van der Waals surface area contributed by atoms with Crippen LogP contribution in [-0.2, 0) is 9.47 Å². The van der Waals surface area contributed by atoms with Gasteiger partial charge in [0.05, 0.1) is 24.6 Å². The SMILES string of the molecule is CCOC(=O)c1nn(-c2ccc(C)c(C)c2)c(-c2ccccc2)c1C(=O)OCC. The smallest absolute Gasteiger partial charge is 0.359 e. The molecular weight excluding hydrogens is 368 g/mol. The normalized spacial score (nSPS) is 10.6. The van der Waals surface area contributed by atoms with Crippen LogP contribution in [0, 0.1) is 13.8 Å². The van der Waals surface area contributed by atoms with E-state index in [1.807, 2.05) is 62.4 Å². The van der Waals surface area contributed by atoms with Gasteiger partial charge < -0.3 is 9.47 Å². The molecule has 0 atom stereocenters. The van der Waals surface area contributed by atoms with E-state index in [0.717, 1.165) is 22.4 Å². The third kappa shape index (κ3) is 4.06. The van der Waals surface area contributed by atoms with E-state index < -0.39 is 11.9 Å². The zero-order chi connectivity index (χ0) is 21.0. The lowest BCUT2D eigenvalue weighted by Gasteiger charge is -2.11. The number of aryl methyl sites for hydroxylation is 2. The first-order valence-electron chi connectivity index (χ1n) is 9.58. The quantitative estimate of drug-likeness (QED) is 0.577. The largest absolute Gasteiger partial charge is 0.462 e. The molecule has 1 heterocycles. The Morgan fingerprint density at radius 2 is 1.55 bits per heavy atom. The monoisotopic (exact) mass is 392 g/mol. The van der Waals surface area contributed by atoms with Gasteiger partial charge in [-0.25, -0.2) is 14.3 Å². The van der Waals surface area contributed by atoms with Crippen molar-refractivity contribution in [2.24, 2.45) is 0 Å². The number of carbonyl (C=O) groups excluding carboxylic acids is 2. The molecule has 150 valence electrons. The molecule has 0 N–H and O–H groups in total. The Morgan fingerprint density at radius 3 is 2.17 bits per heavy atom. The summed E-state index contributed by atoms with van der Waals surface area (Å²) in [6, 6.07) is 15.2. The molecule has 0 fully saturated rings. The van der Waals surface area contributed by atoms with Crippen molar-refractivity contribution < 1.29 is 19.1 Å². The number of rotatable bonds is 6. The van der Waals surface area contributed by atoms with Crippen LogP contribution < -0.4 is 0 Å². The van der Waals surface area contributed by atoms with E-state index in [2.05, 4.69) is 5.10 Å². The first-order valence-corrected chi connectivity index (χ1v) is 9.58. The van der Waals surface area contributed by atoms with Crippen LogP contribution in [0.15, 0.2) is 48.5 Å². The third-order valence-electron chi connectivity index (χ3n) is 4.62. The van der Waals surface area contributed by atoms with Crippen molar-refractivity contribution >= 4 is 11.9 Å². The van der Waals surface area contributed by atoms with Crippen LogP contribution in [0.3, 0.4) is 0 Å². The van der Waals surface area contributed by atoms with Crippen LogP contribution in [0.1, 0.15) is 45.8 Å². The van der Waals surface area contributed by atoms with Gasteiger partial charge in [-0.3, -0.25) is 0 Å². The average Bonchev–Trinajstić information content (AvgIpc) is 3.12. The van der Waals surface area contributed by atoms with Crippen molar-refractivity contribution in [3.63, 3.8) is 0 Å². The maximum Gasteiger partial charge on any atom is 0.359 e. The van der Waals surface area contributed by atoms with E-state index in [1.165, 1.54) is 0 Å². The first-order chi connectivity index (χ1) is 14.0. The van der Waals surface area contributed by atoms with Crippen molar-refractivity contribution in [1.82, 2.24) is 9.78 Å². The second-order valence-corrected chi connectivity index (χ2v) is 6.56. The summed E-state index contributed by atoms with van der Waals surface area (Å²) in [6.45, 7) is 7.82. The summed E-state index contributed by atoms with van der Waals surface area (Å²) in [7, 11) is 0. The molecule has 0 aliphatic carbocycles. The number of carbonyl (C=O) groups is 2. The van der Waals surface area contributed by atoms with Gasteiger partial charge in [0.15, 0.2) is 5.69 Å². The summed E-state index contributed by atoms with van der Waals surface area (Å²) in [5.74, 6) is -1.26. The molecular formula is C23H24N2O4. The fraction of sp³-hybridized carbons (Fsp3) is 0.261. The number of esters is 2. The van der Waals surface area contributed by atoms with Crippen LogP contribution in [0.5, 0.6) is 0 Å². The molecule has 0 spiro atoms. The molecule has 0 saturated carbocycles. The number of hydrogen-bond donors (Lipinski definition) is 0. The highest BCUT2D eigenvalue weighted by molar-refractivity contribution is 6.06. The van der Waals surface area contributed by atoms with Gasteiger partial charge in [-0.2, -0.15) is 5.10 Å². The summed E-state index contributed by atoms with van der Waals surface area (Å²) in [5, 5.41) is 4.49. The third-order valence-corrected chi connectivity index (χ3v) is 4.62. The van der Waals surface area contributed by atoms with Gasteiger partial charge in [-0.05, 0) is 51.0 Å². The molecule has 29 heavy (non-hydrogen) atoms. The van der Waals surface area contributed by atoms with E-state index in [1.54, 1.807) is 18.5 Å². The van der Waals surface area contributed by atoms with Crippen molar-refractivity contribution in [3.05, 3.63) is 70.9 Å². The molecule has 0 unspecified atom stereocenters. The van der Waals surface area contributed by atoms with Crippen LogP contribution in [0.4, 0.5) is 0 Å². The zero-order valence-corrected chi connectivity index (χ0v) is 17.1. The Balaban J connectivity index is 2.34. The van der Waals surface area contributed by atoms with Gasteiger partial charge in [0.1, 0.15) is 5.56 Å². The van der Waals surface area contributed by atoms with Crippen LogP contribution >= 0.6 is 0 Å². The molecule has 0 bridgehead atoms. The van der Waals surface area contributed by atoms with Gasteiger partial charge in [-0.15, -0.1) is 0 Å². The molecule has 6 heteroatoms. The van der Waals surface area contributed by atoms with Crippen molar-refractivity contribution in [1.29, 1.82) is 0 Å². The summed E-state index contributed by atoms with van der Waals surface area (Å²) in [6.07, 6.45) is 0. The minimum Gasteiger partial charge on any atom is -0.462 e. The van der Waals surface area contributed by atoms with E-state index in [0.29, 0.717) is 5.69 Å². The fourth-order valence-electron chi connectivity index (χ4n) is 3.06. The lowest BCUT2D eigenvalue weighted by molar-refractivity contribution is 0.0476. The molecule has 0 saturated heterocycles. The number of nitrogens with zero attached hydrogens (tertiary/aromatic N) is 2. The summed E-state index contributed by atoms with van der Waals surface area (Å²) < 4.78 is 12.0. The summed E-state index contributed by atoms with van der Waals surface area (Å²) in [4.78, 5) is 25.5. The van der Waals surface area contributed by atoms with Crippen LogP contribution in [-0.4, -0.2) is 34.9 Å². The number of benzene rings is 2. The van der Waals surface area contributed by atoms with E-state index >= 15 is 0 Å². The predicted molar refractivity (Wildman–Crippen MR) is 110 cm³/mol. The van der Waals surface area contributed by atoms with Crippen LogP contribution in [0.2, 0.25) is 0 Å². The van der Waals surface area contributed by atoms with Gasteiger partial charge in [-0.1, -0.05) is 36.4 Å². The molecule has 3 aromatic rings. The number of ether oxygens (including phenoxy) is 2. The van der Waals surface area contributed by atoms with Crippen molar-refractivity contribution in [2.45, 2.75) is 27.7 Å². The second kappa shape index (κ2) is 8.73. The Bertz CT molecular complexity index is 1040. The standard InChI is InChI=1S/C23H24N2O4/c1-5-28-22(26)19-20(23(27)29-6-2)24-25(18-13-12-15(3)16(4)14-18)21(19)17-10-8-7-9-11-17/h7-14H,5-6H2,1-4H3. The Labute approximate surface area is 170 Å². The Hall–Kier alpha value is -3.41. The van der Waals surface area contributed by atoms with E-state index in [-0.39, 0.29) is 24.5 Å². The number of hydrogen-bond acceptors (Lipinski definition) is 5. The number of aromatic nitrogens is 2. The highest BCUT2D eigenvalue weighted by atomic mass is 16.5. The molecule has 3 rings (SSSR count). The first kappa shape index (κ1) is 20.3. The molecule has 2 aromatic carbocycles. The highest BCUT2D eigenvalue weighted by Crippen LogP contribution is 2.31. The minimum atomic E-state index is -0.657. The Kier molecular flexibility index (Phi) is 6.12. The van der Waals surface area contributed by atoms with Crippen molar-refractivity contribution in [3.8, 4) is 16.9 Å². The molecule has 0 aliphatic rings. The summed E-state index contributed by atoms with van der Waals surface area (Å²) in [5.41, 5.74) is 4.25. The van der Waals surface area contributed by atoms with E-state index in [4.69, 9.17) is 9.47 Å². The molecule has 0 radical (unpaired) electrons. The fourth-order valence-corrected chi connectivity index (χ4v) is 3.06. The lowest BCUT2D eigenvalue weighted by Crippen LogP contribution is -2.13. The topological polar surface area (TPSA) is 70.4 Å². The van der Waals surface area contributed by atoms with E-state index in [9.17, 15) is 9.59 Å². The summed E-state index contributed by atoms with van der Waals surface area (Å²) >= 11 is 0. The van der Waals surface area contributed by atoms with Gasteiger partial charge >= 0.3 is 11.9 Å². The van der Waals surface area contributed by atoms with Crippen molar-refractivity contribution in [2.75, 3.05) is 13.2 Å². The predicted octanol–water partition coefficient (Wildman–Crippen LogP) is 4.51. The lowest BCUT2D eigenvalue weighted by atomic mass is 10.0. The second-order valence-electron chi connectivity index (χ2n) is 6.56. The Morgan fingerprint density at radius 1 is 0.897 bits per heavy atom. The zero-order valence-electron chi connectivity index (χ0n) is 17.1. The molecule has 6 nitrogen and oxygen atoms in total. The molecule has 0 amide bonds. The highest BCUT2D eigenvalue weighted by Gasteiger charge is 2.31. The molecule has 0 aliphatic heterocycles. The van der Waals surface area contributed by atoms with Gasteiger partial charge in [0, 0.05) is 5.56 Å². The van der Waals surface area contributed by atoms with Gasteiger partial charge in [0.2, 0.25) is 0 Å². The molecule has 1 aromatic heterocycles.